The normalized spacial score (nSPS) is 10.7. The number of rotatable bonds is 7. The van der Waals surface area contributed by atoms with Crippen molar-refractivity contribution in [3.8, 4) is 39.9 Å². The average Bonchev–Trinajstić information content (AvgIpc) is 3.28. The first-order valence-corrected chi connectivity index (χ1v) is 9.39. The van der Waals surface area contributed by atoms with Crippen molar-refractivity contribution in [2.75, 3.05) is 21.3 Å². The first kappa shape index (κ1) is 20.1. The SMILES string of the molecule is COc1ccc(-c2ccc(=O)n(Cc3nc(-c4ccc(OC)cc4OC)no3)n2)cc1. The molecule has 0 spiro atoms. The highest BCUT2D eigenvalue weighted by atomic mass is 16.5. The molecule has 2 heterocycles. The van der Waals surface area contributed by atoms with Crippen LogP contribution in [0.5, 0.6) is 17.2 Å². The van der Waals surface area contributed by atoms with Gasteiger partial charge in [-0.1, -0.05) is 5.16 Å². The van der Waals surface area contributed by atoms with Gasteiger partial charge in [0.25, 0.3) is 5.56 Å². The predicted octanol–water partition coefficient (Wildman–Crippen LogP) is 3.03. The van der Waals surface area contributed by atoms with Crippen molar-refractivity contribution in [1.29, 1.82) is 0 Å². The van der Waals surface area contributed by atoms with Gasteiger partial charge in [-0.05, 0) is 42.5 Å². The van der Waals surface area contributed by atoms with E-state index in [1.807, 2.05) is 24.3 Å². The van der Waals surface area contributed by atoms with E-state index in [0.29, 0.717) is 28.6 Å². The Labute approximate surface area is 177 Å². The molecule has 0 aliphatic heterocycles. The first-order chi connectivity index (χ1) is 15.1. The highest BCUT2D eigenvalue weighted by Gasteiger charge is 2.15. The van der Waals surface area contributed by atoms with Crippen LogP contribution in [0.4, 0.5) is 0 Å². The van der Waals surface area contributed by atoms with Crippen LogP contribution < -0.4 is 19.8 Å². The summed E-state index contributed by atoms with van der Waals surface area (Å²) >= 11 is 0. The number of hydrogen-bond acceptors (Lipinski definition) is 8. The van der Waals surface area contributed by atoms with Gasteiger partial charge in [-0.25, -0.2) is 4.68 Å². The summed E-state index contributed by atoms with van der Waals surface area (Å²) in [4.78, 5) is 16.7. The van der Waals surface area contributed by atoms with Crippen molar-refractivity contribution in [1.82, 2.24) is 19.9 Å². The Bertz CT molecular complexity index is 1250. The Morgan fingerprint density at radius 2 is 1.65 bits per heavy atom. The second-order valence-corrected chi connectivity index (χ2v) is 6.52. The molecule has 9 nitrogen and oxygen atoms in total. The summed E-state index contributed by atoms with van der Waals surface area (Å²) in [5.41, 5.74) is 1.85. The molecule has 0 saturated heterocycles. The topological polar surface area (TPSA) is 102 Å². The number of benzene rings is 2. The van der Waals surface area contributed by atoms with Crippen LogP contribution in [0, 0.1) is 0 Å². The molecule has 0 aliphatic carbocycles. The summed E-state index contributed by atoms with van der Waals surface area (Å²) in [6.07, 6.45) is 0. The van der Waals surface area contributed by atoms with E-state index in [4.69, 9.17) is 18.7 Å². The molecular formula is C22H20N4O5. The lowest BCUT2D eigenvalue weighted by Gasteiger charge is -2.07. The van der Waals surface area contributed by atoms with Crippen molar-refractivity contribution in [2.24, 2.45) is 0 Å². The lowest BCUT2D eigenvalue weighted by molar-refractivity contribution is 0.363. The minimum atomic E-state index is -0.279. The largest absolute Gasteiger partial charge is 0.497 e. The van der Waals surface area contributed by atoms with E-state index in [-0.39, 0.29) is 18.0 Å². The smallest absolute Gasteiger partial charge is 0.267 e. The molecule has 2 aromatic carbocycles. The van der Waals surface area contributed by atoms with Crippen molar-refractivity contribution < 1.29 is 18.7 Å². The van der Waals surface area contributed by atoms with E-state index in [0.717, 1.165) is 11.3 Å². The summed E-state index contributed by atoms with van der Waals surface area (Å²) in [6, 6.07) is 15.8. The highest BCUT2D eigenvalue weighted by Crippen LogP contribution is 2.31. The fraction of sp³-hybridized carbons (Fsp3) is 0.182. The molecule has 0 atom stereocenters. The van der Waals surface area contributed by atoms with Crippen LogP contribution in [0.3, 0.4) is 0 Å². The summed E-state index contributed by atoms with van der Waals surface area (Å²) in [5.74, 6) is 2.52. The second kappa shape index (κ2) is 8.70. The van der Waals surface area contributed by atoms with Crippen molar-refractivity contribution in [3.63, 3.8) is 0 Å². The Kier molecular flexibility index (Phi) is 5.65. The maximum Gasteiger partial charge on any atom is 0.267 e. The molecule has 0 saturated carbocycles. The Balaban J connectivity index is 1.61. The van der Waals surface area contributed by atoms with Crippen LogP contribution in [0.15, 0.2) is 63.9 Å². The third-order valence-corrected chi connectivity index (χ3v) is 4.66. The van der Waals surface area contributed by atoms with Crippen molar-refractivity contribution in [2.45, 2.75) is 6.54 Å². The molecule has 0 unspecified atom stereocenters. The number of hydrogen-bond donors (Lipinski definition) is 0. The van der Waals surface area contributed by atoms with Crippen molar-refractivity contribution >= 4 is 0 Å². The van der Waals surface area contributed by atoms with Gasteiger partial charge in [0, 0.05) is 17.7 Å². The predicted molar refractivity (Wildman–Crippen MR) is 112 cm³/mol. The number of aromatic nitrogens is 4. The molecule has 0 N–H and O–H groups in total. The third kappa shape index (κ3) is 4.25. The van der Waals surface area contributed by atoms with Gasteiger partial charge in [-0.15, -0.1) is 0 Å². The van der Waals surface area contributed by atoms with E-state index in [1.165, 1.54) is 10.7 Å². The van der Waals surface area contributed by atoms with E-state index in [1.54, 1.807) is 45.6 Å². The molecule has 4 aromatic rings. The van der Waals surface area contributed by atoms with Crippen LogP contribution in [-0.4, -0.2) is 41.3 Å². The van der Waals surface area contributed by atoms with Gasteiger partial charge in [0.05, 0.1) is 32.6 Å². The fourth-order valence-electron chi connectivity index (χ4n) is 3.02. The van der Waals surface area contributed by atoms with Gasteiger partial charge in [0.1, 0.15) is 23.8 Å². The van der Waals surface area contributed by atoms with Gasteiger partial charge >= 0.3 is 0 Å². The molecule has 0 bridgehead atoms. The molecular weight excluding hydrogens is 400 g/mol. The molecule has 0 amide bonds. The highest BCUT2D eigenvalue weighted by molar-refractivity contribution is 5.65. The van der Waals surface area contributed by atoms with Crippen LogP contribution in [0.2, 0.25) is 0 Å². The third-order valence-electron chi connectivity index (χ3n) is 4.66. The van der Waals surface area contributed by atoms with Gasteiger partial charge in [0.2, 0.25) is 11.7 Å². The number of nitrogens with zero attached hydrogens (tertiary/aromatic N) is 4. The molecule has 0 radical (unpaired) electrons. The van der Waals surface area contributed by atoms with Gasteiger partial charge < -0.3 is 18.7 Å². The summed E-state index contributed by atoms with van der Waals surface area (Å²) in [5, 5.41) is 8.44. The first-order valence-electron chi connectivity index (χ1n) is 9.39. The average molecular weight is 420 g/mol. The lowest BCUT2D eigenvalue weighted by atomic mass is 10.1. The standard InChI is InChI=1S/C22H20N4O5/c1-28-15-6-4-14(5-7-15)18-10-11-21(27)26(24-18)13-20-23-22(25-31-20)17-9-8-16(29-2)12-19(17)30-3/h4-12H,13H2,1-3H3. The molecule has 31 heavy (non-hydrogen) atoms. The molecule has 0 aliphatic rings. The van der Waals surface area contributed by atoms with E-state index < -0.39 is 0 Å². The maximum atomic E-state index is 12.3. The minimum absolute atomic E-state index is 0.0360. The molecule has 158 valence electrons. The molecule has 9 heteroatoms. The quantitative estimate of drug-likeness (QED) is 0.450. The van der Waals surface area contributed by atoms with Crippen LogP contribution in [0.25, 0.3) is 22.6 Å². The second-order valence-electron chi connectivity index (χ2n) is 6.52. The monoisotopic (exact) mass is 420 g/mol. The van der Waals surface area contributed by atoms with E-state index in [2.05, 4.69) is 15.2 Å². The molecule has 2 aromatic heterocycles. The molecule has 4 rings (SSSR count). The zero-order valence-corrected chi connectivity index (χ0v) is 17.2. The minimum Gasteiger partial charge on any atom is -0.497 e. The zero-order valence-electron chi connectivity index (χ0n) is 17.2. The zero-order chi connectivity index (χ0) is 21.8. The Morgan fingerprint density at radius 3 is 2.35 bits per heavy atom. The summed E-state index contributed by atoms with van der Waals surface area (Å²) in [7, 11) is 4.73. The van der Waals surface area contributed by atoms with E-state index in [9.17, 15) is 4.79 Å². The van der Waals surface area contributed by atoms with Gasteiger partial charge in [-0.3, -0.25) is 4.79 Å². The van der Waals surface area contributed by atoms with E-state index >= 15 is 0 Å². The number of methoxy groups -OCH3 is 3. The summed E-state index contributed by atoms with van der Waals surface area (Å²) < 4.78 is 22.4. The van der Waals surface area contributed by atoms with Crippen LogP contribution in [-0.2, 0) is 6.54 Å². The number of ether oxygens (including phenoxy) is 3. The van der Waals surface area contributed by atoms with Gasteiger partial charge in [0.15, 0.2) is 0 Å². The fourth-order valence-corrected chi connectivity index (χ4v) is 3.02. The lowest BCUT2D eigenvalue weighted by Crippen LogP contribution is -2.23. The Morgan fingerprint density at radius 1 is 0.903 bits per heavy atom. The maximum absolute atomic E-state index is 12.3. The van der Waals surface area contributed by atoms with Crippen LogP contribution in [0.1, 0.15) is 5.89 Å². The Hall–Kier alpha value is -4.14. The van der Waals surface area contributed by atoms with Crippen molar-refractivity contribution in [3.05, 3.63) is 70.8 Å². The summed E-state index contributed by atoms with van der Waals surface area (Å²) in [6.45, 7) is 0.0360. The van der Waals surface area contributed by atoms with Gasteiger partial charge in [-0.2, -0.15) is 10.1 Å². The molecule has 0 fully saturated rings. The van der Waals surface area contributed by atoms with Crippen LogP contribution >= 0.6 is 0 Å².